The summed E-state index contributed by atoms with van der Waals surface area (Å²) in [4.78, 5) is 5.06. The average Bonchev–Trinajstić information content (AvgIpc) is 2.31. The lowest BCUT2D eigenvalue weighted by Crippen LogP contribution is -2.43. The second-order valence-electron chi connectivity index (χ2n) is 6.75. The average molecular weight is 253 g/mol. The molecule has 2 fully saturated rings. The largest absolute Gasteiger partial charge is 0.314 e. The fourth-order valence-corrected chi connectivity index (χ4v) is 3.63. The van der Waals surface area contributed by atoms with Gasteiger partial charge in [0.2, 0.25) is 0 Å². The third kappa shape index (κ3) is 4.52. The van der Waals surface area contributed by atoms with Gasteiger partial charge in [-0.1, -0.05) is 0 Å². The van der Waals surface area contributed by atoms with Crippen LogP contribution >= 0.6 is 0 Å². The fourth-order valence-electron chi connectivity index (χ4n) is 3.63. The Balaban J connectivity index is 1.66. The molecule has 3 heteroatoms. The van der Waals surface area contributed by atoms with E-state index in [9.17, 15) is 0 Å². The number of rotatable bonds is 4. The molecule has 2 aliphatic heterocycles. The van der Waals surface area contributed by atoms with Gasteiger partial charge in [-0.25, -0.2) is 0 Å². The Morgan fingerprint density at radius 2 is 1.83 bits per heavy atom. The van der Waals surface area contributed by atoms with Crippen molar-refractivity contribution in [1.29, 1.82) is 0 Å². The first-order chi connectivity index (χ1) is 8.63. The van der Waals surface area contributed by atoms with Gasteiger partial charge in [-0.3, -0.25) is 0 Å². The minimum absolute atomic E-state index is 0.732. The van der Waals surface area contributed by atoms with Gasteiger partial charge < -0.3 is 15.1 Å². The van der Waals surface area contributed by atoms with Crippen LogP contribution in [-0.4, -0.2) is 62.7 Å². The van der Waals surface area contributed by atoms with Gasteiger partial charge in [-0.05, 0) is 78.2 Å². The number of hydrogen-bond acceptors (Lipinski definition) is 3. The lowest BCUT2D eigenvalue weighted by molar-refractivity contribution is 0.130. The highest BCUT2D eigenvalue weighted by molar-refractivity contribution is 4.80. The summed E-state index contributed by atoms with van der Waals surface area (Å²) < 4.78 is 0. The van der Waals surface area contributed by atoms with Crippen molar-refractivity contribution in [2.75, 3.05) is 46.8 Å². The minimum Gasteiger partial charge on any atom is -0.314 e. The summed E-state index contributed by atoms with van der Waals surface area (Å²) in [7, 11) is 4.39. The second-order valence-corrected chi connectivity index (χ2v) is 6.75. The summed E-state index contributed by atoms with van der Waals surface area (Å²) in [5, 5.41) is 3.55. The molecule has 0 saturated carbocycles. The predicted molar refractivity (Wildman–Crippen MR) is 77.9 cm³/mol. The number of hydrogen-bond donors (Lipinski definition) is 1. The van der Waals surface area contributed by atoms with E-state index < -0.39 is 0 Å². The second kappa shape index (κ2) is 6.88. The molecule has 2 unspecified atom stereocenters. The third-order valence-corrected chi connectivity index (χ3v) is 4.58. The van der Waals surface area contributed by atoms with Crippen molar-refractivity contribution in [2.24, 2.45) is 11.8 Å². The number of nitrogens with one attached hydrogen (secondary N) is 1. The summed E-state index contributed by atoms with van der Waals surface area (Å²) in [6.07, 6.45) is 5.55. The van der Waals surface area contributed by atoms with E-state index in [1.807, 2.05) is 0 Å². The normalized spacial score (nSPS) is 32.0. The molecule has 2 heterocycles. The molecule has 18 heavy (non-hydrogen) atoms. The summed E-state index contributed by atoms with van der Waals surface area (Å²) in [5.41, 5.74) is 0. The first-order valence-corrected chi connectivity index (χ1v) is 7.74. The highest BCUT2D eigenvalue weighted by Gasteiger charge is 2.24. The van der Waals surface area contributed by atoms with Gasteiger partial charge in [0.1, 0.15) is 0 Å². The number of nitrogens with zero attached hydrogens (tertiary/aromatic N) is 2. The zero-order valence-corrected chi connectivity index (χ0v) is 12.5. The summed E-state index contributed by atoms with van der Waals surface area (Å²) in [6, 6.07) is 0.732. The topological polar surface area (TPSA) is 18.5 Å². The molecule has 2 saturated heterocycles. The van der Waals surface area contributed by atoms with E-state index in [2.05, 4.69) is 36.1 Å². The quantitative estimate of drug-likeness (QED) is 0.822. The number of likely N-dealkylation sites (tertiary alicyclic amines) is 1. The molecule has 0 amide bonds. The van der Waals surface area contributed by atoms with Crippen molar-refractivity contribution in [3.8, 4) is 0 Å². The van der Waals surface area contributed by atoms with E-state index in [1.54, 1.807) is 0 Å². The summed E-state index contributed by atoms with van der Waals surface area (Å²) >= 11 is 0. The van der Waals surface area contributed by atoms with Crippen LogP contribution < -0.4 is 5.32 Å². The van der Waals surface area contributed by atoms with Crippen molar-refractivity contribution in [3.63, 3.8) is 0 Å². The van der Waals surface area contributed by atoms with E-state index in [1.165, 1.54) is 58.4 Å². The SMILES string of the molecule is CC1CC(CN2CCC(CN(C)C)CC2)CCN1. The Hall–Kier alpha value is -0.120. The zero-order chi connectivity index (χ0) is 13.0. The molecule has 0 radical (unpaired) electrons. The maximum atomic E-state index is 3.55. The maximum Gasteiger partial charge on any atom is 0.00418 e. The molecule has 0 aromatic rings. The van der Waals surface area contributed by atoms with Gasteiger partial charge in [0, 0.05) is 19.1 Å². The number of piperidine rings is 2. The molecular weight excluding hydrogens is 222 g/mol. The fraction of sp³-hybridized carbons (Fsp3) is 1.00. The van der Waals surface area contributed by atoms with Gasteiger partial charge >= 0.3 is 0 Å². The van der Waals surface area contributed by atoms with Gasteiger partial charge in [-0.15, -0.1) is 0 Å². The molecule has 2 atom stereocenters. The zero-order valence-electron chi connectivity index (χ0n) is 12.5. The lowest BCUT2D eigenvalue weighted by Gasteiger charge is -2.37. The highest BCUT2D eigenvalue weighted by Crippen LogP contribution is 2.22. The first-order valence-electron chi connectivity index (χ1n) is 7.74. The van der Waals surface area contributed by atoms with Crippen molar-refractivity contribution < 1.29 is 0 Å². The van der Waals surface area contributed by atoms with E-state index in [-0.39, 0.29) is 0 Å². The van der Waals surface area contributed by atoms with E-state index in [4.69, 9.17) is 0 Å². The smallest absolute Gasteiger partial charge is 0.00418 e. The molecule has 1 N–H and O–H groups in total. The van der Waals surface area contributed by atoms with Gasteiger partial charge in [0.05, 0.1) is 0 Å². The van der Waals surface area contributed by atoms with Gasteiger partial charge in [0.15, 0.2) is 0 Å². The predicted octanol–water partition coefficient (Wildman–Crippen LogP) is 1.65. The molecule has 3 nitrogen and oxygen atoms in total. The third-order valence-electron chi connectivity index (χ3n) is 4.58. The Labute approximate surface area is 113 Å². The van der Waals surface area contributed by atoms with Crippen LogP contribution in [0.3, 0.4) is 0 Å². The summed E-state index contributed by atoms with van der Waals surface area (Å²) in [5.74, 6) is 1.87. The first kappa shape index (κ1) is 14.3. The van der Waals surface area contributed by atoms with Gasteiger partial charge in [0.25, 0.3) is 0 Å². The van der Waals surface area contributed by atoms with Crippen molar-refractivity contribution in [3.05, 3.63) is 0 Å². The molecular formula is C15H31N3. The highest BCUT2D eigenvalue weighted by atomic mass is 15.1. The van der Waals surface area contributed by atoms with Crippen LogP contribution in [0.1, 0.15) is 32.6 Å². The van der Waals surface area contributed by atoms with Crippen LogP contribution in [0.25, 0.3) is 0 Å². The van der Waals surface area contributed by atoms with Crippen LogP contribution in [-0.2, 0) is 0 Å². The summed E-state index contributed by atoms with van der Waals surface area (Å²) in [6.45, 7) is 8.84. The van der Waals surface area contributed by atoms with Crippen LogP contribution in [0.15, 0.2) is 0 Å². The van der Waals surface area contributed by atoms with E-state index >= 15 is 0 Å². The van der Waals surface area contributed by atoms with Crippen LogP contribution in [0.2, 0.25) is 0 Å². The molecule has 0 spiro atoms. The molecule has 0 aromatic heterocycles. The molecule has 0 aliphatic carbocycles. The Morgan fingerprint density at radius 3 is 2.44 bits per heavy atom. The Kier molecular flexibility index (Phi) is 5.46. The molecule has 2 aliphatic rings. The van der Waals surface area contributed by atoms with E-state index in [0.29, 0.717) is 0 Å². The lowest BCUT2D eigenvalue weighted by atomic mass is 9.90. The van der Waals surface area contributed by atoms with Crippen LogP contribution in [0, 0.1) is 11.8 Å². The monoisotopic (exact) mass is 253 g/mol. The standard InChI is InChI=1S/C15H31N3/c1-13-10-15(4-7-16-13)12-18-8-5-14(6-9-18)11-17(2)3/h13-16H,4-12H2,1-3H3. The Bertz CT molecular complexity index is 234. The van der Waals surface area contributed by atoms with Gasteiger partial charge in [-0.2, -0.15) is 0 Å². The van der Waals surface area contributed by atoms with Crippen molar-refractivity contribution in [2.45, 2.75) is 38.6 Å². The molecule has 106 valence electrons. The van der Waals surface area contributed by atoms with E-state index in [0.717, 1.165) is 17.9 Å². The van der Waals surface area contributed by atoms with Crippen LogP contribution in [0.5, 0.6) is 0 Å². The van der Waals surface area contributed by atoms with Crippen molar-refractivity contribution >= 4 is 0 Å². The maximum absolute atomic E-state index is 3.55. The molecule has 0 aromatic carbocycles. The minimum atomic E-state index is 0.732. The van der Waals surface area contributed by atoms with Crippen LogP contribution in [0.4, 0.5) is 0 Å². The van der Waals surface area contributed by atoms with Crippen molar-refractivity contribution in [1.82, 2.24) is 15.1 Å². The molecule has 2 rings (SSSR count). The molecule has 0 bridgehead atoms. The Morgan fingerprint density at radius 1 is 1.11 bits per heavy atom.